The number of nitrogens with zero attached hydrogens (tertiary/aromatic N) is 1. The van der Waals surface area contributed by atoms with E-state index in [0.717, 1.165) is 6.26 Å². The van der Waals surface area contributed by atoms with Crippen LogP contribution in [0, 0.1) is 5.82 Å². The summed E-state index contributed by atoms with van der Waals surface area (Å²) in [7, 11) is -1.85. The van der Waals surface area contributed by atoms with Crippen LogP contribution in [0.3, 0.4) is 0 Å². The largest absolute Gasteiger partial charge is 0.493 e. The summed E-state index contributed by atoms with van der Waals surface area (Å²) >= 11 is 0. The Balaban J connectivity index is 2.03. The molecule has 9 heteroatoms. The van der Waals surface area contributed by atoms with E-state index in [1.54, 1.807) is 42.5 Å². The predicted molar refractivity (Wildman–Crippen MR) is 124 cm³/mol. The Morgan fingerprint density at radius 3 is 2.53 bits per heavy atom. The van der Waals surface area contributed by atoms with Gasteiger partial charge in [0, 0.05) is 23.6 Å². The highest BCUT2D eigenvalue weighted by molar-refractivity contribution is 7.90. The zero-order chi connectivity index (χ0) is 23.3. The fourth-order valence-electron chi connectivity index (χ4n) is 3.37. The van der Waals surface area contributed by atoms with Crippen molar-refractivity contribution in [3.63, 3.8) is 0 Å². The quantitative estimate of drug-likeness (QED) is 0.497. The van der Waals surface area contributed by atoms with Gasteiger partial charge in [0.2, 0.25) is 0 Å². The number of hydrogen-bond acceptors (Lipinski definition) is 7. The molecule has 0 aliphatic rings. The van der Waals surface area contributed by atoms with Gasteiger partial charge < -0.3 is 20.5 Å². The minimum Gasteiger partial charge on any atom is -0.493 e. The van der Waals surface area contributed by atoms with Crippen molar-refractivity contribution in [2.45, 2.75) is 13.0 Å². The van der Waals surface area contributed by atoms with Crippen molar-refractivity contribution in [3.05, 3.63) is 66.1 Å². The highest BCUT2D eigenvalue weighted by Crippen LogP contribution is 2.35. The second kappa shape index (κ2) is 9.86. The summed E-state index contributed by atoms with van der Waals surface area (Å²) in [6.45, 7) is 2.26. The van der Waals surface area contributed by atoms with Crippen LogP contribution in [0.1, 0.15) is 18.5 Å². The van der Waals surface area contributed by atoms with E-state index in [2.05, 4.69) is 10.3 Å². The average molecular weight is 460 g/mol. The van der Waals surface area contributed by atoms with Crippen molar-refractivity contribution in [1.82, 2.24) is 4.98 Å². The van der Waals surface area contributed by atoms with Gasteiger partial charge >= 0.3 is 0 Å². The van der Waals surface area contributed by atoms with Gasteiger partial charge in [-0.1, -0.05) is 24.3 Å². The molecule has 2 aromatic carbocycles. The summed E-state index contributed by atoms with van der Waals surface area (Å²) in [5.74, 6) is 0.658. The smallest absolute Gasteiger partial charge is 0.161 e. The molecular weight excluding hydrogens is 433 g/mol. The number of pyridine rings is 1. The number of rotatable bonds is 9. The van der Waals surface area contributed by atoms with E-state index in [1.807, 2.05) is 6.92 Å². The normalized spacial score (nSPS) is 12.2. The summed E-state index contributed by atoms with van der Waals surface area (Å²) in [6.07, 6.45) is 2.65. The maximum Gasteiger partial charge on any atom is 0.161 e. The van der Waals surface area contributed by atoms with Gasteiger partial charge in [0.1, 0.15) is 21.5 Å². The molecule has 0 saturated carbocycles. The van der Waals surface area contributed by atoms with E-state index in [0.29, 0.717) is 34.8 Å². The van der Waals surface area contributed by atoms with E-state index in [-0.39, 0.29) is 17.3 Å². The average Bonchev–Trinajstić information content (AvgIpc) is 2.74. The highest BCUT2D eigenvalue weighted by Gasteiger charge is 2.22. The van der Waals surface area contributed by atoms with Crippen molar-refractivity contribution < 1.29 is 22.3 Å². The van der Waals surface area contributed by atoms with Crippen molar-refractivity contribution in [2.75, 3.05) is 36.8 Å². The minimum atomic E-state index is -3.38. The molecule has 0 saturated heterocycles. The van der Waals surface area contributed by atoms with Gasteiger partial charge in [0.25, 0.3) is 0 Å². The van der Waals surface area contributed by atoms with Crippen molar-refractivity contribution in [1.29, 1.82) is 0 Å². The van der Waals surface area contributed by atoms with Crippen LogP contribution in [0.5, 0.6) is 11.5 Å². The van der Waals surface area contributed by atoms with Gasteiger partial charge in [-0.25, -0.2) is 17.8 Å². The lowest BCUT2D eigenvalue weighted by Gasteiger charge is -2.22. The molecule has 0 aliphatic carbocycles. The number of nitrogen functional groups attached to an aromatic ring is 1. The molecule has 7 nitrogen and oxygen atoms in total. The van der Waals surface area contributed by atoms with E-state index in [1.165, 1.54) is 19.4 Å². The van der Waals surface area contributed by atoms with E-state index in [9.17, 15) is 12.8 Å². The Kier molecular flexibility index (Phi) is 7.19. The lowest BCUT2D eigenvalue weighted by molar-refractivity contribution is 0.310. The molecular formula is C23H26FN3O4S. The topological polar surface area (TPSA) is 104 Å². The van der Waals surface area contributed by atoms with Crippen molar-refractivity contribution in [3.8, 4) is 22.6 Å². The first-order valence-corrected chi connectivity index (χ1v) is 12.0. The fourth-order valence-corrected chi connectivity index (χ4v) is 4.25. The number of ether oxygens (including phenoxy) is 2. The lowest BCUT2D eigenvalue weighted by atomic mass is 10.0. The second-order valence-electron chi connectivity index (χ2n) is 7.23. The summed E-state index contributed by atoms with van der Waals surface area (Å²) in [4.78, 5) is 4.27. The predicted octanol–water partition coefficient (Wildman–Crippen LogP) is 4.08. The van der Waals surface area contributed by atoms with Crippen LogP contribution in [-0.2, 0) is 9.84 Å². The van der Waals surface area contributed by atoms with E-state index >= 15 is 0 Å². The monoisotopic (exact) mass is 459 g/mol. The number of nitrogens with one attached hydrogen (secondary N) is 1. The molecule has 3 aromatic rings. The van der Waals surface area contributed by atoms with Crippen molar-refractivity contribution in [2.24, 2.45) is 0 Å². The summed E-state index contributed by atoms with van der Waals surface area (Å²) in [6, 6.07) is 12.4. The first-order chi connectivity index (χ1) is 15.2. The number of methoxy groups -OCH3 is 1. The third-order valence-electron chi connectivity index (χ3n) is 4.82. The molecule has 32 heavy (non-hydrogen) atoms. The molecule has 170 valence electrons. The molecule has 1 aromatic heterocycles. The van der Waals surface area contributed by atoms with Crippen LogP contribution >= 0.6 is 0 Å². The SMILES string of the molecule is CCOc1cc([C@@H](CS(C)(=O)=O)Nc2nccc(-c3ccccc3F)c2N)ccc1OC. The number of nitrogens with two attached hydrogens (primary N) is 1. The number of anilines is 2. The fraction of sp³-hybridized carbons (Fsp3) is 0.261. The number of sulfone groups is 1. The second-order valence-corrected chi connectivity index (χ2v) is 9.42. The molecule has 0 aliphatic heterocycles. The molecule has 3 rings (SSSR count). The molecule has 0 amide bonds. The van der Waals surface area contributed by atoms with Crippen LogP contribution in [0.25, 0.3) is 11.1 Å². The Morgan fingerprint density at radius 2 is 1.88 bits per heavy atom. The van der Waals surface area contributed by atoms with Gasteiger partial charge in [0.15, 0.2) is 11.5 Å². The van der Waals surface area contributed by atoms with Crippen LogP contribution in [-0.4, -0.2) is 39.1 Å². The van der Waals surface area contributed by atoms with Crippen molar-refractivity contribution >= 4 is 21.3 Å². The maximum absolute atomic E-state index is 14.3. The van der Waals surface area contributed by atoms with E-state index < -0.39 is 21.7 Å². The summed E-state index contributed by atoms with van der Waals surface area (Å²) in [5, 5.41) is 3.12. The van der Waals surface area contributed by atoms with Gasteiger partial charge in [-0.05, 0) is 36.8 Å². The molecule has 0 radical (unpaired) electrons. The third-order valence-corrected chi connectivity index (χ3v) is 5.76. The Hall–Kier alpha value is -3.33. The summed E-state index contributed by atoms with van der Waals surface area (Å²) in [5.41, 5.74) is 7.97. The van der Waals surface area contributed by atoms with Gasteiger partial charge in [-0.3, -0.25) is 0 Å². The van der Waals surface area contributed by atoms with Gasteiger partial charge in [-0.15, -0.1) is 0 Å². The Morgan fingerprint density at radius 1 is 1.12 bits per heavy atom. The molecule has 0 bridgehead atoms. The van der Waals surface area contributed by atoms with Crippen LogP contribution < -0.4 is 20.5 Å². The number of halogens is 1. The van der Waals surface area contributed by atoms with Crippen LogP contribution in [0.4, 0.5) is 15.9 Å². The summed E-state index contributed by atoms with van der Waals surface area (Å²) < 4.78 is 49.6. The zero-order valence-corrected chi connectivity index (χ0v) is 18.9. The van der Waals surface area contributed by atoms with Gasteiger partial charge in [-0.2, -0.15) is 0 Å². The highest BCUT2D eigenvalue weighted by atomic mass is 32.2. The van der Waals surface area contributed by atoms with Gasteiger partial charge in [0.05, 0.1) is 31.2 Å². The first kappa shape index (κ1) is 23.3. The molecule has 1 atom stereocenters. The molecule has 0 fully saturated rings. The maximum atomic E-state index is 14.3. The Labute approximate surface area is 187 Å². The molecule has 0 spiro atoms. The minimum absolute atomic E-state index is 0.212. The first-order valence-electron chi connectivity index (χ1n) is 9.97. The van der Waals surface area contributed by atoms with Crippen LogP contribution in [0.15, 0.2) is 54.7 Å². The lowest BCUT2D eigenvalue weighted by Crippen LogP contribution is -2.22. The molecule has 3 N–H and O–H groups in total. The standard InChI is InChI=1S/C23H26FN3O4S/c1-4-31-21-13-15(9-10-20(21)30-2)19(14-32(3,28)29)27-23-22(25)17(11-12-26-23)16-7-5-6-8-18(16)24/h5-13,19H,4,14,25H2,1-3H3,(H,26,27)/t19-/m1/s1. The molecule has 0 unspecified atom stereocenters. The van der Waals surface area contributed by atoms with E-state index in [4.69, 9.17) is 15.2 Å². The molecule has 1 heterocycles. The Bertz CT molecular complexity index is 1200. The number of aromatic nitrogens is 1. The third kappa shape index (κ3) is 5.47. The van der Waals surface area contributed by atoms with Crippen LogP contribution in [0.2, 0.25) is 0 Å². The number of hydrogen-bond donors (Lipinski definition) is 2. The number of benzene rings is 2. The zero-order valence-electron chi connectivity index (χ0n) is 18.1.